The molecule has 0 aromatic carbocycles. The summed E-state index contributed by atoms with van der Waals surface area (Å²) in [7, 11) is 0. The number of aromatic amines is 1. The van der Waals surface area contributed by atoms with Crippen LogP contribution in [0.1, 0.15) is 5.56 Å². The minimum atomic E-state index is 0.570. The van der Waals surface area contributed by atoms with E-state index < -0.39 is 0 Å². The van der Waals surface area contributed by atoms with Gasteiger partial charge >= 0.3 is 0 Å². The van der Waals surface area contributed by atoms with E-state index in [2.05, 4.69) is 37.2 Å². The SMILES string of the molecule is N#Cc1cc(Br)nc2[nH]ncc12. The first-order chi connectivity index (χ1) is 5.81. The fourth-order valence-corrected chi connectivity index (χ4v) is 1.40. The molecule has 2 heterocycles. The van der Waals surface area contributed by atoms with E-state index in [1.165, 1.54) is 0 Å². The molecule has 0 atom stereocenters. The largest absolute Gasteiger partial charge is 0.261 e. The molecule has 0 amide bonds. The van der Waals surface area contributed by atoms with Crippen LogP contribution >= 0.6 is 15.9 Å². The molecule has 0 unspecified atom stereocenters. The molecule has 0 saturated carbocycles. The Morgan fingerprint density at radius 1 is 1.58 bits per heavy atom. The van der Waals surface area contributed by atoms with Gasteiger partial charge in [-0.05, 0) is 22.0 Å². The van der Waals surface area contributed by atoms with Gasteiger partial charge in [-0.15, -0.1) is 0 Å². The van der Waals surface area contributed by atoms with Crippen LogP contribution in [0, 0.1) is 11.3 Å². The van der Waals surface area contributed by atoms with Crippen molar-refractivity contribution >= 4 is 27.0 Å². The molecule has 4 nitrogen and oxygen atoms in total. The highest BCUT2D eigenvalue weighted by atomic mass is 79.9. The summed E-state index contributed by atoms with van der Waals surface area (Å²) in [6, 6.07) is 3.73. The highest BCUT2D eigenvalue weighted by Gasteiger charge is 2.04. The van der Waals surface area contributed by atoms with Crippen molar-refractivity contribution in [3.8, 4) is 6.07 Å². The van der Waals surface area contributed by atoms with Crippen LogP contribution in [0.15, 0.2) is 16.9 Å². The van der Waals surface area contributed by atoms with Crippen molar-refractivity contribution in [3.63, 3.8) is 0 Å². The monoisotopic (exact) mass is 222 g/mol. The fraction of sp³-hybridized carbons (Fsp3) is 0. The van der Waals surface area contributed by atoms with Crippen LogP contribution in [0.2, 0.25) is 0 Å². The van der Waals surface area contributed by atoms with Gasteiger partial charge in [0, 0.05) is 0 Å². The van der Waals surface area contributed by atoms with Gasteiger partial charge in [0.15, 0.2) is 5.65 Å². The molecule has 12 heavy (non-hydrogen) atoms. The van der Waals surface area contributed by atoms with Crippen molar-refractivity contribution in [1.29, 1.82) is 5.26 Å². The number of fused-ring (bicyclic) bond motifs is 1. The highest BCUT2D eigenvalue weighted by Crippen LogP contribution is 2.17. The van der Waals surface area contributed by atoms with Crippen molar-refractivity contribution in [2.75, 3.05) is 0 Å². The van der Waals surface area contributed by atoms with E-state index >= 15 is 0 Å². The fourth-order valence-electron chi connectivity index (χ4n) is 0.990. The first-order valence-electron chi connectivity index (χ1n) is 3.21. The first kappa shape index (κ1) is 7.25. The molecule has 0 saturated heterocycles. The van der Waals surface area contributed by atoms with Crippen molar-refractivity contribution in [2.45, 2.75) is 0 Å². The van der Waals surface area contributed by atoms with Gasteiger partial charge in [-0.2, -0.15) is 10.4 Å². The zero-order valence-electron chi connectivity index (χ0n) is 5.87. The van der Waals surface area contributed by atoms with E-state index in [1.54, 1.807) is 12.3 Å². The zero-order valence-corrected chi connectivity index (χ0v) is 7.46. The molecule has 0 spiro atoms. The van der Waals surface area contributed by atoms with E-state index in [0.717, 1.165) is 5.39 Å². The maximum atomic E-state index is 8.74. The highest BCUT2D eigenvalue weighted by molar-refractivity contribution is 9.10. The molecule has 58 valence electrons. The summed E-state index contributed by atoms with van der Waals surface area (Å²) in [5.41, 5.74) is 1.20. The van der Waals surface area contributed by atoms with Gasteiger partial charge < -0.3 is 0 Å². The van der Waals surface area contributed by atoms with Gasteiger partial charge in [0.05, 0.1) is 17.1 Å². The van der Waals surface area contributed by atoms with Crippen molar-refractivity contribution in [3.05, 3.63) is 22.4 Å². The Labute approximate surface area is 76.4 Å². The summed E-state index contributed by atoms with van der Waals surface area (Å²) in [4.78, 5) is 4.09. The molecular formula is C7H3BrN4. The third kappa shape index (κ3) is 0.970. The molecule has 0 aliphatic carbocycles. The van der Waals surface area contributed by atoms with E-state index in [9.17, 15) is 0 Å². The Balaban J connectivity index is 2.91. The molecule has 0 aliphatic rings. The average Bonchev–Trinajstić information content (AvgIpc) is 2.50. The number of aromatic nitrogens is 3. The third-order valence-corrected chi connectivity index (χ3v) is 1.92. The van der Waals surface area contributed by atoms with Crippen LogP contribution in [0.3, 0.4) is 0 Å². The molecule has 2 aromatic heterocycles. The number of rotatable bonds is 0. The minimum absolute atomic E-state index is 0.570. The summed E-state index contributed by atoms with van der Waals surface area (Å²) < 4.78 is 0.635. The molecule has 0 fully saturated rings. The number of hydrogen-bond donors (Lipinski definition) is 1. The van der Waals surface area contributed by atoms with Crippen LogP contribution in [0.25, 0.3) is 11.0 Å². The molecule has 0 bridgehead atoms. The van der Waals surface area contributed by atoms with E-state index in [1.807, 2.05) is 0 Å². The summed E-state index contributed by atoms with van der Waals surface area (Å²) in [5, 5.41) is 16.0. The Morgan fingerprint density at radius 2 is 2.42 bits per heavy atom. The normalized spacial score (nSPS) is 10.0. The van der Waals surface area contributed by atoms with Crippen molar-refractivity contribution in [2.24, 2.45) is 0 Å². The smallest absolute Gasteiger partial charge is 0.157 e. The second-order valence-corrected chi connectivity index (χ2v) is 3.05. The summed E-state index contributed by atoms with van der Waals surface area (Å²) in [6.45, 7) is 0. The Kier molecular flexibility index (Phi) is 1.55. The van der Waals surface area contributed by atoms with Crippen LogP contribution in [0.5, 0.6) is 0 Å². The van der Waals surface area contributed by atoms with Gasteiger partial charge in [0.1, 0.15) is 10.7 Å². The van der Waals surface area contributed by atoms with Crippen molar-refractivity contribution in [1.82, 2.24) is 15.2 Å². The zero-order chi connectivity index (χ0) is 8.55. The van der Waals surface area contributed by atoms with Gasteiger partial charge in [0.2, 0.25) is 0 Å². The number of pyridine rings is 1. The lowest BCUT2D eigenvalue weighted by atomic mass is 10.2. The molecule has 0 aliphatic heterocycles. The lowest BCUT2D eigenvalue weighted by molar-refractivity contribution is 1.09. The summed E-state index contributed by atoms with van der Waals surface area (Å²) in [5.74, 6) is 0. The second kappa shape index (κ2) is 2.57. The molecular weight excluding hydrogens is 220 g/mol. The number of hydrogen-bond acceptors (Lipinski definition) is 3. The number of H-pyrrole nitrogens is 1. The maximum Gasteiger partial charge on any atom is 0.157 e. The Hall–Kier alpha value is -1.41. The Morgan fingerprint density at radius 3 is 3.17 bits per heavy atom. The standard InChI is InChI=1S/C7H3BrN4/c8-6-1-4(2-9)5-3-10-12-7(5)11-6/h1,3H,(H,10,11,12). The minimum Gasteiger partial charge on any atom is -0.261 e. The topological polar surface area (TPSA) is 65.4 Å². The number of nitrogens with one attached hydrogen (secondary N) is 1. The molecule has 2 rings (SSSR count). The van der Waals surface area contributed by atoms with E-state index in [4.69, 9.17) is 5.26 Å². The average molecular weight is 223 g/mol. The van der Waals surface area contributed by atoms with Gasteiger partial charge in [-0.25, -0.2) is 4.98 Å². The van der Waals surface area contributed by atoms with Gasteiger partial charge in [0.25, 0.3) is 0 Å². The van der Waals surface area contributed by atoms with Crippen LogP contribution < -0.4 is 0 Å². The van der Waals surface area contributed by atoms with Gasteiger partial charge in [-0.3, -0.25) is 5.10 Å². The second-order valence-electron chi connectivity index (χ2n) is 2.24. The van der Waals surface area contributed by atoms with E-state index in [-0.39, 0.29) is 0 Å². The quantitative estimate of drug-likeness (QED) is 0.689. The van der Waals surface area contributed by atoms with Crippen LogP contribution in [-0.4, -0.2) is 15.2 Å². The lowest BCUT2D eigenvalue weighted by Gasteiger charge is -1.92. The number of nitriles is 1. The molecule has 0 radical (unpaired) electrons. The summed E-state index contributed by atoms with van der Waals surface area (Å²) >= 11 is 3.20. The molecule has 5 heteroatoms. The number of nitrogens with zero attached hydrogens (tertiary/aromatic N) is 3. The first-order valence-corrected chi connectivity index (χ1v) is 4.00. The van der Waals surface area contributed by atoms with Gasteiger partial charge in [-0.1, -0.05) is 0 Å². The summed E-state index contributed by atoms with van der Waals surface area (Å²) in [6.07, 6.45) is 1.59. The predicted molar refractivity (Wildman–Crippen MR) is 46.3 cm³/mol. The maximum absolute atomic E-state index is 8.74. The molecule has 1 N–H and O–H groups in total. The molecule has 2 aromatic rings. The number of halogens is 1. The predicted octanol–water partition coefficient (Wildman–Crippen LogP) is 1.59. The Bertz CT molecular complexity index is 468. The van der Waals surface area contributed by atoms with Crippen molar-refractivity contribution < 1.29 is 0 Å². The van der Waals surface area contributed by atoms with Crippen LogP contribution in [0.4, 0.5) is 0 Å². The van der Waals surface area contributed by atoms with E-state index in [0.29, 0.717) is 15.8 Å². The van der Waals surface area contributed by atoms with Crippen LogP contribution in [-0.2, 0) is 0 Å². The third-order valence-electron chi connectivity index (χ3n) is 1.51. The lowest BCUT2D eigenvalue weighted by Crippen LogP contribution is -1.82.